The van der Waals surface area contributed by atoms with Crippen molar-refractivity contribution in [3.63, 3.8) is 0 Å². The molecule has 2 N–H and O–H groups in total. The lowest BCUT2D eigenvalue weighted by Crippen LogP contribution is -2.26. The average molecular weight is 384 g/mol. The SMILES string of the molecule is CCC(C(=O)Nc1cccc(F)c1)n1ccc(C(=O)Nc2cccc(F)c2)n1. The zero-order valence-electron chi connectivity index (χ0n) is 15.0. The van der Waals surface area contributed by atoms with Gasteiger partial charge in [-0.15, -0.1) is 0 Å². The van der Waals surface area contributed by atoms with Gasteiger partial charge in [-0.1, -0.05) is 19.1 Å². The lowest BCUT2D eigenvalue weighted by molar-refractivity contribution is -0.119. The number of carbonyl (C=O) groups is 2. The van der Waals surface area contributed by atoms with Crippen molar-refractivity contribution >= 4 is 23.2 Å². The number of carbonyl (C=O) groups excluding carboxylic acids is 2. The molecule has 1 unspecified atom stereocenters. The predicted molar refractivity (Wildman–Crippen MR) is 101 cm³/mol. The molecular weight excluding hydrogens is 366 g/mol. The summed E-state index contributed by atoms with van der Waals surface area (Å²) in [6.45, 7) is 1.80. The third-order valence-electron chi connectivity index (χ3n) is 4.02. The smallest absolute Gasteiger partial charge is 0.276 e. The van der Waals surface area contributed by atoms with Gasteiger partial charge >= 0.3 is 0 Å². The first-order chi connectivity index (χ1) is 13.5. The third kappa shape index (κ3) is 4.59. The molecule has 0 aliphatic carbocycles. The normalized spacial score (nSPS) is 11.7. The number of nitrogens with one attached hydrogen (secondary N) is 2. The summed E-state index contributed by atoms with van der Waals surface area (Å²) in [7, 11) is 0. The van der Waals surface area contributed by atoms with Gasteiger partial charge in [0.2, 0.25) is 5.91 Å². The van der Waals surface area contributed by atoms with E-state index in [1.165, 1.54) is 53.3 Å². The molecule has 1 atom stereocenters. The second kappa shape index (κ2) is 8.43. The van der Waals surface area contributed by atoms with Gasteiger partial charge in [-0.2, -0.15) is 5.10 Å². The van der Waals surface area contributed by atoms with Crippen LogP contribution in [-0.4, -0.2) is 21.6 Å². The van der Waals surface area contributed by atoms with E-state index in [1.807, 2.05) is 0 Å². The molecule has 8 heteroatoms. The van der Waals surface area contributed by atoms with E-state index < -0.39 is 23.6 Å². The van der Waals surface area contributed by atoms with Gasteiger partial charge in [0.05, 0.1) is 0 Å². The number of anilines is 2. The standard InChI is InChI=1S/C20H18F2N4O2/c1-2-18(20(28)24-16-8-4-6-14(22)12-16)26-10-9-17(25-26)19(27)23-15-7-3-5-13(21)11-15/h3-12,18H,2H2,1H3,(H,23,27)(H,24,28). The lowest BCUT2D eigenvalue weighted by Gasteiger charge is -2.15. The van der Waals surface area contributed by atoms with Crippen molar-refractivity contribution in [3.8, 4) is 0 Å². The fraction of sp³-hybridized carbons (Fsp3) is 0.150. The van der Waals surface area contributed by atoms with Crippen LogP contribution in [0.5, 0.6) is 0 Å². The van der Waals surface area contributed by atoms with Gasteiger partial charge in [-0.3, -0.25) is 14.3 Å². The summed E-state index contributed by atoms with van der Waals surface area (Å²) >= 11 is 0. The summed E-state index contributed by atoms with van der Waals surface area (Å²) in [5, 5.41) is 9.34. The van der Waals surface area contributed by atoms with Crippen LogP contribution in [-0.2, 0) is 4.79 Å². The Labute approximate surface area is 160 Å². The molecule has 2 amide bonds. The second-order valence-electron chi connectivity index (χ2n) is 6.07. The van der Waals surface area contributed by atoms with E-state index in [9.17, 15) is 18.4 Å². The predicted octanol–water partition coefficient (Wildman–Crippen LogP) is 4.00. The first-order valence-electron chi connectivity index (χ1n) is 8.64. The van der Waals surface area contributed by atoms with Gasteiger partial charge in [0.15, 0.2) is 5.69 Å². The zero-order chi connectivity index (χ0) is 20.1. The number of nitrogens with zero attached hydrogens (tertiary/aromatic N) is 2. The van der Waals surface area contributed by atoms with Gasteiger partial charge in [-0.25, -0.2) is 8.78 Å². The lowest BCUT2D eigenvalue weighted by atomic mass is 10.2. The highest BCUT2D eigenvalue weighted by molar-refractivity contribution is 6.02. The maximum absolute atomic E-state index is 13.3. The number of halogens is 2. The highest BCUT2D eigenvalue weighted by Crippen LogP contribution is 2.17. The first-order valence-corrected chi connectivity index (χ1v) is 8.64. The van der Waals surface area contributed by atoms with E-state index in [4.69, 9.17) is 0 Å². The van der Waals surface area contributed by atoms with E-state index in [0.29, 0.717) is 17.8 Å². The highest BCUT2D eigenvalue weighted by atomic mass is 19.1. The molecule has 0 saturated carbocycles. The van der Waals surface area contributed by atoms with Crippen molar-refractivity contribution in [2.45, 2.75) is 19.4 Å². The molecule has 0 radical (unpaired) electrons. The molecule has 0 aliphatic heterocycles. The summed E-state index contributed by atoms with van der Waals surface area (Å²) < 4.78 is 27.9. The van der Waals surface area contributed by atoms with E-state index in [1.54, 1.807) is 19.1 Å². The van der Waals surface area contributed by atoms with Crippen LogP contribution in [0.4, 0.5) is 20.2 Å². The Morgan fingerprint density at radius 2 is 1.61 bits per heavy atom. The van der Waals surface area contributed by atoms with Crippen molar-refractivity contribution < 1.29 is 18.4 Å². The monoisotopic (exact) mass is 384 g/mol. The minimum atomic E-state index is -0.681. The molecule has 0 aliphatic rings. The Hall–Kier alpha value is -3.55. The Balaban J connectivity index is 1.71. The molecule has 0 bridgehead atoms. The van der Waals surface area contributed by atoms with Crippen LogP contribution in [0.15, 0.2) is 60.8 Å². The van der Waals surface area contributed by atoms with Crippen LogP contribution in [0.25, 0.3) is 0 Å². The van der Waals surface area contributed by atoms with Crippen molar-refractivity contribution in [1.82, 2.24) is 9.78 Å². The summed E-state index contributed by atoms with van der Waals surface area (Å²) in [6, 6.07) is 11.8. The minimum Gasteiger partial charge on any atom is -0.324 e. The van der Waals surface area contributed by atoms with E-state index in [0.717, 1.165) is 0 Å². The summed E-state index contributed by atoms with van der Waals surface area (Å²) in [5.41, 5.74) is 0.719. The Morgan fingerprint density at radius 1 is 1.00 bits per heavy atom. The van der Waals surface area contributed by atoms with Gasteiger partial charge in [0, 0.05) is 17.6 Å². The quantitative estimate of drug-likeness (QED) is 0.674. The first kappa shape index (κ1) is 19.2. The molecule has 1 heterocycles. The average Bonchev–Trinajstić information content (AvgIpc) is 3.12. The molecule has 28 heavy (non-hydrogen) atoms. The number of benzene rings is 2. The molecule has 0 saturated heterocycles. The minimum absolute atomic E-state index is 0.0845. The number of hydrogen-bond donors (Lipinski definition) is 2. The Morgan fingerprint density at radius 3 is 2.18 bits per heavy atom. The molecule has 3 rings (SSSR count). The van der Waals surface area contributed by atoms with Crippen LogP contribution in [0.2, 0.25) is 0 Å². The van der Waals surface area contributed by atoms with Gasteiger partial charge in [0.1, 0.15) is 17.7 Å². The van der Waals surface area contributed by atoms with Crippen molar-refractivity contribution in [2.24, 2.45) is 0 Å². The van der Waals surface area contributed by atoms with Crippen molar-refractivity contribution in [3.05, 3.63) is 78.1 Å². The zero-order valence-corrected chi connectivity index (χ0v) is 15.0. The van der Waals surface area contributed by atoms with Crippen molar-refractivity contribution in [2.75, 3.05) is 10.6 Å². The van der Waals surface area contributed by atoms with Crippen LogP contribution >= 0.6 is 0 Å². The number of rotatable bonds is 6. The maximum atomic E-state index is 13.3. The molecule has 6 nitrogen and oxygen atoms in total. The summed E-state index contributed by atoms with van der Waals surface area (Å²) in [5.74, 6) is -1.83. The Bertz CT molecular complexity index is 1000. The molecule has 1 aromatic heterocycles. The number of aromatic nitrogens is 2. The van der Waals surface area contributed by atoms with Gasteiger partial charge < -0.3 is 10.6 Å². The third-order valence-corrected chi connectivity index (χ3v) is 4.02. The van der Waals surface area contributed by atoms with Crippen LogP contribution < -0.4 is 10.6 Å². The van der Waals surface area contributed by atoms with Crippen molar-refractivity contribution in [1.29, 1.82) is 0 Å². The molecule has 0 fully saturated rings. The molecule has 144 valence electrons. The van der Waals surface area contributed by atoms with Gasteiger partial charge in [-0.05, 0) is 48.9 Å². The second-order valence-corrected chi connectivity index (χ2v) is 6.07. The maximum Gasteiger partial charge on any atom is 0.276 e. The van der Waals surface area contributed by atoms with Crippen LogP contribution in [0, 0.1) is 11.6 Å². The van der Waals surface area contributed by atoms with E-state index >= 15 is 0 Å². The van der Waals surface area contributed by atoms with E-state index in [-0.39, 0.29) is 11.6 Å². The summed E-state index contributed by atoms with van der Waals surface area (Å²) in [4.78, 5) is 24.8. The largest absolute Gasteiger partial charge is 0.324 e. The topological polar surface area (TPSA) is 76.0 Å². The fourth-order valence-corrected chi connectivity index (χ4v) is 2.68. The highest BCUT2D eigenvalue weighted by Gasteiger charge is 2.21. The van der Waals surface area contributed by atoms with Crippen LogP contribution in [0.1, 0.15) is 29.9 Å². The Kier molecular flexibility index (Phi) is 5.78. The number of amides is 2. The molecule has 0 spiro atoms. The molecule has 2 aromatic carbocycles. The van der Waals surface area contributed by atoms with E-state index in [2.05, 4.69) is 15.7 Å². The fourth-order valence-electron chi connectivity index (χ4n) is 2.68. The van der Waals surface area contributed by atoms with Crippen LogP contribution in [0.3, 0.4) is 0 Å². The molecular formula is C20H18F2N4O2. The number of hydrogen-bond acceptors (Lipinski definition) is 3. The summed E-state index contributed by atoms with van der Waals surface area (Å²) in [6.07, 6.45) is 1.92. The van der Waals surface area contributed by atoms with Gasteiger partial charge in [0.25, 0.3) is 5.91 Å². The molecule has 3 aromatic rings.